The van der Waals surface area contributed by atoms with Crippen molar-refractivity contribution < 1.29 is 4.79 Å². The average Bonchev–Trinajstić information content (AvgIpc) is 2.55. The van der Waals surface area contributed by atoms with E-state index in [0.717, 1.165) is 19.3 Å². The Hall–Kier alpha value is -0.590. The van der Waals surface area contributed by atoms with Crippen molar-refractivity contribution in [1.29, 1.82) is 0 Å². The molecule has 0 saturated heterocycles. The lowest BCUT2D eigenvalue weighted by atomic mass is 9.75. The number of rotatable bonds is 1. The molecular formula is C16H26O. The lowest BCUT2D eigenvalue weighted by molar-refractivity contribution is -0.129. The zero-order valence-electron chi connectivity index (χ0n) is 11.8. The Kier molecular flexibility index (Phi) is 3.47. The van der Waals surface area contributed by atoms with Gasteiger partial charge >= 0.3 is 0 Å². The third kappa shape index (κ3) is 2.21. The van der Waals surface area contributed by atoms with E-state index >= 15 is 0 Å². The molecule has 0 bridgehead atoms. The van der Waals surface area contributed by atoms with Crippen LogP contribution in [-0.4, -0.2) is 5.78 Å². The summed E-state index contributed by atoms with van der Waals surface area (Å²) in [4.78, 5) is 12.3. The summed E-state index contributed by atoms with van der Waals surface area (Å²) in [6.07, 6.45) is 6.83. The van der Waals surface area contributed by atoms with E-state index < -0.39 is 0 Å². The zero-order chi connectivity index (χ0) is 12.6. The molecule has 96 valence electrons. The predicted molar refractivity (Wildman–Crippen MR) is 71.8 cm³/mol. The first kappa shape index (κ1) is 12.9. The van der Waals surface area contributed by atoms with Crippen molar-refractivity contribution in [3.05, 3.63) is 11.1 Å². The predicted octanol–water partition coefficient (Wildman–Crippen LogP) is 4.52. The van der Waals surface area contributed by atoms with E-state index in [2.05, 4.69) is 27.7 Å². The standard InChI is InChI=1S/C16H26O/c1-11(2)12(3)13-9-14-7-5-6-8-15(17)16(14,4)10-13/h13-14H,5-10H2,1-4H3/t13-,14+,16-/m0/s1. The van der Waals surface area contributed by atoms with Crippen LogP contribution in [0.3, 0.4) is 0 Å². The maximum absolute atomic E-state index is 12.3. The van der Waals surface area contributed by atoms with Crippen LogP contribution in [0, 0.1) is 17.3 Å². The maximum Gasteiger partial charge on any atom is 0.139 e. The van der Waals surface area contributed by atoms with E-state index in [9.17, 15) is 4.79 Å². The molecule has 1 heteroatoms. The first-order chi connectivity index (χ1) is 7.95. The third-order valence-electron chi connectivity index (χ3n) is 5.38. The van der Waals surface area contributed by atoms with Crippen LogP contribution in [0.4, 0.5) is 0 Å². The molecule has 0 aromatic rings. The molecule has 17 heavy (non-hydrogen) atoms. The summed E-state index contributed by atoms with van der Waals surface area (Å²) in [6.45, 7) is 8.91. The highest BCUT2D eigenvalue weighted by atomic mass is 16.1. The summed E-state index contributed by atoms with van der Waals surface area (Å²) in [5, 5.41) is 0. The Labute approximate surface area is 106 Å². The number of allylic oxidation sites excluding steroid dienone is 2. The number of hydrogen-bond acceptors (Lipinski definition) is 1. The second-order valence-corrected chi connectivity index (χ2v) is 6.60. The fraction of sp³-hybridized carbons (Fsp3) is 0.812. The molecule has 3 atom stereocenters. The molecule has 0 spiro atoms. The van der Waals surface area contributed by atoms with Crippen molar-refractivity contribution in [2.24, 2.45) is 17.3 Å². The fourth-order valence-electron chi connectivity index (χ4n) is 3.84. The molecule has 0 amide bonds. The molecule has 2 rings (SSSR count). The van der Waals surface area contributed by atoms with Crippen molar-refractivity contribution in [3.63, 3.8) is 0 Å². The molecule has 0 N–H and O–H groups in total. The van der Waals surface area contributed by atoms with E-state index in [1.165, 1.54) is 30.4 Å². The number of carbonyl (C=O) groups is 1. The van der Waals surface area contributed by atoms with Crippen molar-refractivity contribution in [2.45, 2.75) is 66.2 Å². The molecule has 2 fully saturated rings. The summed E-state index contributed by atoms with van der Waals surface area (Å²) >= 11 is 0. The van der Waals surface area contributed by atoms with E-state index in [1.54, 1.807) is 0 Å². The summed E-state index contributed by atoms with van der Waals surface area (Å²) in [5.41, 5.74) is 2.98. The molecule has 0 aromatic heterocycles. The third-order valence-corrected chi connectivity index (χ3v) is 5.38. The molecule has 0 aromatic carbocycles. The minimum Gasteiger partial charge on any atom is -0.299 e. The van der Waals surface area contributed by atoms with Gasteiger partial charge in [-0.15, -0.1) is 0 Å². The Bertz CT molecular complexity index is 349. The number of Topliss-reactive ketones (excluding diaryl/α,β-unsaturated/α-hetero) is 1. The van der Waals surface area contributed by atoms with Gasteiger partial charge in [0, 0.05) is 11.8 Å². The highest BCUT2D eigenvalue weighted by molar-refractivity contribution is 5.85. The van der Waals surface area contributed by atoms with Gasteiger partial charge in [0.05, 0.1) is 0 Å². The lowest BCUT2D eigenvalue weighted by Crippen LogP contribution is -2.30. The van der Waals surface area contributed by atoms with Crippen LogP contribution in [-0.2, 0) is 4.79 Å². The highest BCUT2D eigenvalue weighted by Gasteiger charge is 2.49. The highest BCUT2D eigenvalue weighted by Crippen LogP contribution is 2.53. The molecule has 0 aliphatic heterocycles. The van der Waals surface area contributed by atoms with Gasteiger partial charge in [-0.1, -0.05) is 24.5 Å². The molecule has 2 saturated carbocycles. The summed E-state index contributed by atoms with van der Waals surface area (Å²) in [6, 6.07) is 0. The first-order valence-electron chi connectivity index (χ1n) is 7.12. The van der Waals surface area contributed by atoms with Gasteiger partial charge in [-0.05, 0) is 58.3 Å². The van der Waals surface area contributed by atoms with Crippen LogP contribution in [0.15, 0.2) is 11.1 Å². The number of ketones is 1. The normalized spacial score (nSPS) is 37.5. The van der Waals surface area contributed by atoms with Crippen molar-refractivity contribution in [3.8, 4) is 0 Å². The van der Waals surface area contributed by atoms with Gasteiger partial charge in [0.2, 0.25) is 0 Å². The van der Waals surface area contributed by atoms with Gasteiger partial charge in [-0.25, -0.2) is 0 Å². The fourth-order valence-corrected chi connectivity index (χ4v) is 3.84. The molecule has 1 nitrogen and oxygen atoms in total. The second-order valence-electron chi connectivity index (χ2n) is 6.60. The van der Waals surface area contributed by atoms with Crippen molar-refractivity contribution in [1.82, 2.24) is 0 Å². The monoisotopic (exact) mass is 234 g/mol. The largest absolute Gasteiger partial charge is 0.299 e. The van der Waals surface area contributed by atoms with Crippen molar-refractivity contribution >= 4 is 5.78 Å². The van der Waals surface area contributed by atoms with E-state index in [-0.39, 0.29) is 5.41 Å². The van der Waals surface area contributed by atoms with Crippen LogP contribution in [0.25, 0.3) is 0 Å². The second kappa shape index (κ2) is 4.59. The summed E-state index contributed by atoms with van der Waals surface area (Å²) in [5.74, 6) is 1.86. The van der Waals surface area contributed by atoms with Gasteiger partial charge in [0.1, 0.15) is 5.78 Å². The molecule has 0 heterocycles. The first-order valence-corrected chi connectivity index (χ1v) is 7.12. The van der Waals surface area contributed by atoms with Gasteiger partial charge < -0.3 is 0 Å². The van der Waals surface area contributed by atoms with Gasteiger partial charge in [-0.3, -0.25) is 4.79 Å². The number of carbonyl (C=O) groups excluding carboxylic acids is 1. The molecule has 2 aliphatic carbocycles. The molecular weight excluding hydrogens is 208 g/mol. The topological polar surface area (TPSA) is 17.1 Å². The Morgan fingerprint density at radius 2 is 1.94 bits per heavy atom. The maximum atomic E-state index is 12.3. The quantitative estimate of drug-likeness (QED) is 0.610. The minimum atomic E-state index is -0.00211. The van der Waals surface area contributed by atoms with E-state index in [4.69, 9.17) is 0 Å². The average molecular weight is 234 g/mol. The van der Waals surface area contributed by atoms with Crippen LogP contribution >= 0.6 is 0 Å². The van der Waals surface area contributed by atoms with Crippen LogP contribution < -0.4 is 0 Å². The van der Waals surface area contributed by atoms with E-state index in [1.807, 2.05) is 0 Å². The number of hydrogen-bond donors (Lipinski definition) is 0. The Morgan fingerprint density at radius 3 is 2.59 bits per heavy atom. The SMILES string of the molecule is CC(C)=C(C)[C@H]1C[C@H]2CCCCC(=O)[C@@]2(C)C1. The summed E-state index contributed by atoms with van der Waals surface area (Å²) < 4.78 is 0. The zero-order valence-corrected chi connectivity index (χ0v) is 11.8. The Morgan fingerprint density at radius 1 is 1.24 bits per heavy atom. The Balaban J connectivity index is 2.23. The van der Waals surface area contributed by atoms with Crippen LogP contribution in [0.1, 0.15) is 66.2 Å². The molecule has 0 radical (unpaired) electrons. The van der Waals surface area contributed by atoms with E-state index in [0.29, 0.717) is 17.6 Å². The molecule has 0 unspecified atom stereocenters. The van der Waals surface area contributed by atoms with Gasteiger partial charge in [-0.2, -0.15) is 0 Å². The lowest BCUT2D eigenvalue weighted by Gasteiger charge is -2.27. The smallest absolute Gasteiger partial charge is 0.139 e. The molecule has 2 aliphatic rings. The van der Waals surface area contributed by atoms with Gasteiger partial charge in [0.15, 0.2) is 0 Å². The van der Waals surface area contributed by atoms with Gasteiger partial charge in [0.25, 0.3) is 0 Å². The van der Waals surface area contributed by atoms with Crippen molar-refractivity contribution in [2.75, 3.05) is 0 Å². The van der Waals surface area contributed by atoms with Crippen LogP contribution in [0.5, 0.6) is 0 Å². The summed E-state index contributed by atoms with van der Waals surface area (Å²) in [7, 11) is 0. The minimum absolute atomic E-state index is 0.00211. The van der Waals surface area contributed by atoms with Crippen LogP contribution in [0.2, 0.25) is 0 Å². The number of fused-ring (bicyclic) bond motifs is 1.